The number of unbranched alkanes of at least 4 members (excludes halogenated alkanes) is 1. The van der Waals surface area contributed by atoms with Crippen LogP contribution in [0.25, 0.3) is 0 Å². The molecule has 1 aromatic rings. The first-order valence-electron chi connectivity index (χ1n) is 6.79. The maximum Gasteiger partial charge on any atom is 0.0754 e. The zero-order valence-corrected chi connectivity index (χ0v) is 11.8. The van der Waals surface area contributed by atoms with Crippen molar-refractivity contribution >= 4 is 16.8 Å². The van der Waals surface area contributed by atoms with Gasteiger partial charge in [0, 0.05) is 18.2 Å². The van der Waals surface area contributed by atoms with Crippen molar-refractivity contribution in [1.82, 2.24) is 0 Å². The van der Waals surface area contributed by atoms with Crippen LogP contribution in [-0.4, -0.2) is 17.3 Å². The first-order valence-corrected chi connectivity index (χ1v) is 7.77. The molecule has 0 aromatic heterocycles. The van der Waals surface area contributed by atoms with Crippen LogP contribution in [0.3, 0.4) is 0 Å². The maximum atomic E-state index is 4.66. The van der Waals surface area contributed by atoms with Crippen LogP contribution in [0.1, 0.15) is 37.7 Å². The van der Waals surface area contributed by atoms with E-state index in [1.165, 1.54) is 23.4 Å². The SMILES string of the molecule is CCC/C=C/C[C@@H](C1=NCCS1)c1ccccc1. The van der Waals surface area contributed by atoms with Gasteiger partial charge < -0.3 is 0 Å². The summed E-state index contributed by atoms with van der Waals surface area (Å²) in [5.41, 5.74) is 1.40. The molecule has 1 heterocycles. The number of hydrogen-bond acceptors (Lipinski definition) is 2. The van der Waals surface area contributed by atoms with Gasteiger partial charge in [0.1, 0.15) is 0 Å². The third-order valence-electron chi connectivity index (χ3n) is 3.10. The van der Waals surface area contributed by atoms with E-state index in [0.717, 1.165) is 18.7 Å². The number of nitrogens with zero attached hydrogens (tertiary/aromatic N) is 1. The molecule has 1 aromatic carbocycles. The van der Waals surface area contributed by atoms with Crippen molar-refractivity contribution in [3.8, 4) is 0 Å². The molecule has 0 N–H and O–H groups in total. The molecule has 1 aliphatic rings. The molecule has 0 spiro atoms. The maximum absolute atomic E-state index is 4.66. The zero-order chi connectivity index (χ0) is 12.6. The number of aliphatic imine (C=N–C) groups is 1. The largest absolute Gasteiger partial charge is 0.281 e. The summed E-state index contributed by atoms with van der Waals surface area (Å²) in [4.78, 5) is 4.66. The van der Waals surface area contributed by atoms with Crippen LogP contribution in [0.15, 0.2) is 47.5 Å². The molecular formula is C16H21NS. The number of thioether (sulfide) groups is 1. The van der Waals surface area contributed by atoms with Crippen LogP contribution in [0.5, 0.6) is 0 Å². The highest BCUT2D eigenvalue weighted by Crippen LogP contribution is 2.30. The van der Waals surface area contributed by atoms with Gasteiger partial charge in [0.25, 0.3) is 0 Å². The van der Waals surface area contributed by atoms with Crippen molar-refractivity contribution in [3.63, 3.8) is 0 Å². The lowest BCUT2D eigenvalue weighted by molar-refractivity contribution is 0.896. The quantitative estimate of drug-likeness (QED) is 0.677. The first kappa shape index (κ1) is 13.4. The van der Waals surface area contributed by atoms with Crippen LogP contribution >= 0.6 is 11.8 Å². The molecule has 0 radical (unpaired) electrons. The molecule has 1 nitrogen and oxygen atoms in total. The van der Waals surface area contributed by atoms with Crippen LogP contribution in [0.4, 0.5) is 0 Å². The Morgan fingerprint density at radius 3 is 2.78 bits per heavy atom. The van der Waals surface area contributed by atoms with Crippen molar-refractivity contribution in [1.29, 1.82) is 0 Å². The van der Waals surface area contributed by atoms with E-state index in [9.17, 15) is 0 Å². The standard InChI is InChI=1S/C16H21NS/c1-2-3-4-8-11-15(16-17-12-13-18-16)14-9-6-5-7-10-14/h4-10,15H,2-3,11-13H2,1H3/b8-4+/t15-/m1/s1. The molecule has 0 saturated carbocycles. The van der Waals surface area contributed by atoms with Gasteiger partial charge >= 0.3 is 0 Å². The van der Waals surface area contributed by atoms with E-state index < -0.39 is 0 Å². The molecule has 0 bridgehead atoms. The van der Waals surface area contributed by atoms with Crippen LogP contribution in [0.2, 0.25) is 0 Å². The molecule has 2 rings (SSSR count). The first-order chi connectivity index (χ1) is 8.92. The van der Waals surface area contributed by atoms with Gasteiger partial charge in [-0.3, -0.25) is 4.99 Å². The summed E-state index contributed by atoms with van der Waals surface area (Å²) in [6, 6.07) is 10.8. The fourth-order valence-corrected chi connectivity index (χ4v) is 3.15. The van der Waals surface area contributed by atoms with Gasteiger partial charge in [0.2, 0.25) is 0 Å². The minimum absolute atomic E-state index is 0.465. The highest BCUT2D eigenvalue weighted by Gasteiger charge is 2.20. The van der Waals surface area contributed by atoms with Crippen LogP contribution < -0.4 is 0 Å². The topological polar surface area (TPSA) is 12.4 Å². The Morgan fingerprint density at radius 2 is 2.11 bits per heavy atom. The summed E-state index contributed by atoms with van der Waals surface area (Å²) in [6.45, 7) is 3.21. The fraction of sp³-hybridized carbons (Fsp3) is 0.438. The average molecular weight is 259 g/mol. The number of rotatable bonds is 6. The Bertz CT molecular complexity index is 408. The van der Waals surface area contributed by atoms with Crippen LogP contribution in [-0.2, 0) is 0 Å². The van der Waals surface area contributed by atoms with Crippen molar-refractivity contribution in [2.24, 2.45) is 4.99 Å². The van der Waals surface area contributed by atoms with Gasteiger partial charge in [-0.05, 0) is 18.4 Å². The Morgan fingerprint density at radius 1 is 1.28 bits per heavy atom. The van der Waals surface area contributed by atoms with Gasteiger partial charge in [-0.15, -0.1) is 11.8 Å². The third-order valence-corrected chi connectivity index (χ3v) is 4.20. The number of hydrogen-bond donors (Lipinski definition) is 0. The Kier molecular flexibility index (Phi) is 5.53. The van der Waals surface area contributed by atoms with Gasteiger partial charge in [-0.2, -0.15) is 0 Å². The minimum Gasteiger partial charge on any atom is -0.281 e. The second-order valence-electron chi connectivity index (χ2n) is 4.53. The Labute approximate surface area is 114 Å². The molecule has 1 atom stereocenters. The number of benzene rings is 1. The number of allylic oxidation sites excluding steroid dienone is 2. The molecular weight excluding hydrogens is 238 g/mol. The van der Waals surface area contributed by atoms with E-state index in [2.05, 4.69) is 54.4 Å². The van der Waals surface area contributed by atoms with E-state index in [1.807, 2.05) is 11.8 Å². The molecule has 96 valence electrons. The van der Waals surface area contributed by atoms with E-state index >= 15 is 0 Å². The van der Waals surface area contributed by atoms with E-state index in [-0.39, 0.29) is 0 Å². The lowest BCUT2D eigenvalue weighted by atomic mass is 9.96. The van der Waals surface area contributed by atoms with Gasteiger partial charge in [-0.25, -0.2) is 0 Å². The molecule has 0 fully saturated rings. The highest BCUT2D eigenvalue weighted by atomic mass is 32.2. The van der Waals surface area contributed by atoms with Gasteiger partial charge in [0.15, 0.2) is 0 Å². The van der Waals surface area contributed by atoms with Crippen molar-refractivity contribution in [2.45, 2.75) is 32.1 Å². The van der Waals surface area contributed by atoms with Crippen molar-refractivity contribution < 1.29 is 0 Å². The minimum atomic E-state index is 0.465. The fourth-order valence-electron chi connectivity index (χ4n) is 2.14. The Hall–Kier alpha value is -1.02. The average Bonchev–Trinajstić information content (AvgIpc) is 2.94. The second kappa shape index (κ2) is 7.42. The predicted octanol–water partition coefficient (Wildman–Crippen LogP) is 4.66. The molecule has 18 heavy (non-hydrogen) atoms. The van der Waals surface area contributed by atoms with Crippen molar-refractivity contribution in [2.75, 3.05) is 12.3 Å². The van der Waals surface area contributed by atoms with Crippen LogP contribution in [0, 0.1) is 0 Å². The summed E-state index contributed by atoms with van der Waals surface area (Å²) in [5, 5.41) is 1.32. The van der Waals surface area contributed by atoms with Gasteiger partial charge in [-0.1, -0.05) is 55.8 Å². The Balaban J connectivity index is 2.08. The van der Waals surface area contributed by atoms with E-state index in [1.54, 1.807) is 0 Å². The summed E-state index contributed by atoms with van der Waals surface area (Å²) >= 11 is 1.93. The van der Waals surface area contributed by atoms with E-state index in [4.69, 9.17) is 0 Å². The monoisotopic (exact) mass is 259 g/mol. The predicted molar refractivity (Wildman–Crippen MR) is 82.6 cm³/mol. The molecule has 0 unspecified atom stereocenters. The normalized spacial score (nSPS) is 17.1. The lowest BCUT2D eigenvalue weighted by Crippen LogP contribution is -2.06. The van der Waals surface area contributed by atoms with E-state index in [0.29, 0.717) is 5.92 Å². The highest BCUT2D eigenvalue weighted by molar-refractivity contribution is 8.14. The van der Waals surface area contributed by atoms with Crippen molar-refractivity contribution in [3.05, 3.63) is 48.0 Å². The summed E-state index contributed by atoms with van der Waals surface area (Å²) in [5.74, 6) is 1.61. The lowest BCUT2D eigenvalue weighted by Gasteiger charge is -2.15. The molecule has 1 aliphatic heterocycles. The second-order valence-corrected chi connectivity index (χ2v) is 5.64. The zero-order valence-electron chi connectivity index (χ0n) is 11.0. The summed E-state index contributed by atoms with van der Waals surface area (Å²) in [6.07, 6.45) is 8.11. The summed E-state index contributed by atoms with van der Waals surface area (Å²) < 4.78 is 0. The third kappa shape index (κ3) is 3.74. The smallest absolute Gasteiger partial charge is 0.0754 e. The molecule has 0 saturated heterocycles. The molecule has 2 heteroatoms. The molecule has 0 amide bonds. The van der Waals surface area contributed by atoms with Gasteiger partial charge in [0.05, 0.1) is 5.04 Å². The summed E-state index contributed by atoms with van der Waals surface area (Å²) in [7, 11) is 0. The molecule has 0 aliphatic carbocycles.